The van der Waals surface area contributed by atoms with Gasteiger partial charge in [-0.2, -0.15) is 13.6 Å². The zero-order valence-corrected chi connectivity index (χ0v) is 20.4. The highest BCUT2D eigenvalue weighted by Gasteiger charge is 2.44. The molecule has 0 bridgehead atoms. The first kappa shape index (κ1) is 28.0. The molecule has 0 aromatic carbocycles. The molecule has 1 aliphatic heterocycles. The van der Waals surface area contributed by atoms with E-state index in [-0.39, 0.29) is 18.4 Å². The van der Waals surface area contributed by atoms with E-state index in [9.17, 15) is 28.3 Å². The summed E-state index contributed by atoms with van der Waals surface area (Å²) >= 11 is 0. The van der Waals surface area contributed by atoms with Gasteiger partial charge in [-0.05, 0) is 12.3 Å². The average Bonchev–Trinajstić information content (AvgIpc) is 3.00. The van der Waals surface area contributed by atoms with Gasteiger partial charge in [-0.3, -0.25) is 9.09 Å². The van der Waals surface area contributed by atoms with Crippen LogP contribution in [-0.2, 0) is 36.3 Å². The normalized spacial score (nSPS) is 25.3. The summed E-state index contributed by atoms with van der Waals surface area (Å²) in [4.78, 5) is 51.7. The highest BCUT2D eigenvalue weighted by Crippen LogP contribution is 2.66. The van der Waals surface area contributed by atoms with E-state index >= 15 is 0 Å². The summed E-state index contributed by atoms with van der Waals surface area (Å²) < 4.78 is 58.4. The van der Waals surface area contributed by atoms with Crippen molar-refractivity contribution < 1.29 is 55.9 Å². The molecule has 5 atom stereocenters. The molecule has 1 aromatic heterocycles. The molecular weight excluding hydrogens is 539 g/mol. The maximum atomic E-state index is 12.2. The van der Waals surface area contributed by atoms with Gasteiger partial charge < -0.3 is 34.8 Å². The Morgan fingerprint density at radius 2 is 1.94 bits per heavy atom. The van der Waals surface area contributed by atoms with Gasteiger partial charge in [-0.15, -0.1) is 0 Å². The Bertz CT molecular complexity index is 989. The first-order valence-electron chi connectivity index (χ1n) is 8.25. The molecule has 16 nitrogen and oxygen atoms in total. The maximum Gasteiger partial charge on any atom is 0.490 e. The number of nitrogens with zero attached hydrogens (tertiary/aromatic N) is 2. The van der Waals surface area contributed by atoms with Crippen molar-refractivity contribution in [1.29, 1.82) is 0 Å². The van der Waals surface area contributed by atoms with E-state index in [0.29, 0.717) is 0 Å². The molecule has 21 heteroatoms. The molecule has 2 heterocycles. The fraction of sp³-hybridized carbons (Fsp3) is 0.636. The minimum atomic E-state index is -5.65. The molecule has 1 aliphatic rings. The van der Waals surface area contributed by atoms with E-state index in [1.165, 1.54) is 38.4 Å². The predicted molar refractivity (Wildman–Crippen MR) is 112 cm³/mol. The largest absolute Gasteiger partial charge is 0.490 e. The van der Waals surface area contributed by atoms with Crippen molar-refractivity contribution >= 4 is 50.9 Å². The average molecular weight is 559 g/mol. The summed E-state index contributed by atoms with van der Waals surface area (Å²) in [5.41, 5.74) is 4.80. The van der Waals surface area contributed by atoms with Crippen LogP contribution < -0.4 is 11.4 Å². The summed E-state index contributed by atoms with van der Waals surface area (Å²) in [5, 5.41) is 0. The van der Waals surface area contributed by atoms with Crippen LogP contribution in [0.2, 0.25) is 0 Å². The maximum absolute atomic E-state index is 12.2. The lowest BCUT2D eigenvalue weighted by atomic mass is 10.1. The van der Waals surface area contributed by atoms with Gasteiger partial charge in [0.2, 0.25) is 0 Å². The number of phosphoric acid groups is 3. The highest BCUT2D eigenvalue weighted by atomic mass is 33.1. The molecule has 32 heavy (non-hydrogen) atoms. The van der Waals surface area contributed by atoms with Crippen LogP contribution in [0.5, 0.6) is 0 Å². The van der Waals surface area contributed by atoms with Crippen molar-refractivity contribution in [2.24, 2.45) is 0 Å². The van der Waals surface area contributed by atoms with Gasteiger partial charge in [0.05, 0.1) is 19.3 Å². The lowest BCUT2D eigenvalue weighted by Gasteiger charge is -2.24. The van der Waals surface area contributed by atoms with Crippen molar-refractivity contribution in [3.05, 3.63) is 22.7 Å². The second-order valence-corrected chi connectivity index (χ2v) is 12.8. The van der Waals surface area contributed by atoms with Crippen LogP contribution in [0.1, 0.15) is 6.04 Å². The van der Waals surface area contributed by atoms with Crippen LogP contribution in [0, 0.1) is 0 Å². The fourth-order valence-corrected chi connectivity index (χ4v) is 6.36. The Labute approximate surface area is 188 Å². The number of hydrogen-bond acceptors (Lipinski definition) is 13. The van der Waals surface area contributed by atoms with Crippen molar-refractivity contribution in [2.75, 3.05) is 31.1 Å². The quantitative estimate of drug-likeness (QED) is 0.101. The van der Waals surface area contributed by atoms with E-state index in [1.54, 1.807) is 6.26 Å². The van der Waals surface area contributed by atoms with Crippen LogP contribution in [-0.4, -0.2) is 66.7 Å². The number of anilines is 1. The Balaban J connectivity index is 2.11. The monoisotopic (exact) mass is 559 g/mol. The second-order valence-electron chi connectivity index (χ2n) is 5.90. The molecule has 0 aliphatic carbocycles. The molecule has 1 saturated heterocycles. The Kier molecular flexibility index (Phi) is 9.98. The lowest BCUT2D eigenvalue weighted by molar-refractivity contribution is -0.0229. The number of hydrogen-bond donors (Lipinski definition) is 5. The first-order chi connectivity index (χ1) is 14.7. The molecule has 0 radical (unpaired) electrons. The number of nitrogen functional groups attached to an aromatic ring is 1. The molecule has 6 N–H and O–H groups in total. The van der Waals surface area contributed by atoms with E-state index in [0.717, 1.165) is 0 Å². The number of phosphoric ester groups is 1. The van der Waals surface area contributed by atoms with Crippen molar-refractivity contribution in [2.45, 2.75) is 18.2 Å². The minimum absolute atomic E-state index is 0.00443. The molecule has 1 aromatic rings. The zero-order chi connectivity index (χ0) is 24.2. The Hall–Kier alpha value is -0.290. The van der Waals surface area contributed by atoms with Gasteiger partial charge >= 0.3 is 29.2 Å². The Morgan fingerprint density at radius 1 is 1.25 bits per heavy atom. The van der Waals surface area contributed by atoms with E-state index in [2.05, 4.69) is 18.1 Å². The Morgan fingerprint density at radius 3 is 2.53 bits per heavy atom. The van der Waals surface area contributed by atoms with Gasteiger partial charge in [0.1, 0.15) is 24.0 Å². The van der Waals surface area contributed by atoms with E-state index < -0.39 is 54.0 Å². The van der Waals surface area contributed by atoms with Crippen LogP contribution in [0.3, 0.4) is 0 Å². The minimum Gasteiger partial charge on any atom is -0.383 e. The standard InChI is InChI=1S/C11H20N3O13P3S2/c1-31-32-6-24-10-7(14-3-2-9(12)13-11(14)15)4-23-8(10)5-25-29(19,20)27-30(21,22)26-28(16,17)18/h2-3,7-8,10H,4-6H2,1H3,(H,19,20)(H,21,22)(H2,12,13,15)(H2,16,17,18)/t7?,8-,10+/m1/s1. The molecule has 2 rings (SSSR count). The molecule has 3 unspecified atom stereocenters. The number of rotatable bonds is 12. The number of nitrogens with two attached hydrogens (primary N) is 1. The van der Waals surface area contributed by atoms with Crippen molar-refractivity contribution in [3.8, 4) is 0 Å². The van der Waals surface area contributed by atoms with Crippen molar-refractivity contribution in [3.63, 3.8) is 0 Å². The van der Waals surface area contributed by atoms with Crippen LogP contribution in [0.4, 0.5) is 5.82 Å². The van der Waals surface area contributed by atoms with Gasteiger partial charge in [0.15, 0.2) is 0 Å². The van der Waals surface area contributed by atoms with Gasteiger partial charge in [-0.1, -0.05) is 21.6 Å². The third kappa shape index (κ3) is 8.81. The molecule has 0 spiro atoms. The summed E-state index contributed by atoms with van der Waals surface area (Å²) in [6.45, 7) is -0.795. The fourth-order valence-electron chi connectivity index (χ4n) is 2.56. The first-order valence-corrected chi connectivity index (χ1v) is 15.5. The SMILES string of the molecule is CSSCO[C@H]1C(n2ccc(N)nc2=O)CO[C@@H]1COP(=O)(O)OP(=O)(O)OP(=O)(O)O. The summed E-state index contributed by atoms with van der Waals surface area (Å²) in [6.07, 6.45) is 1.25. The number of aromatic nitrogens is 2. The number of ether oxygens (including phenoxy) is 2. The van der Waals surface area contributed by atoms with E-state index in [1.807, 2.05) is 0 Å². The molecule has 1 fully saturated rings. The second kappa shape index (κ2) is 11.4. The lowest BCUT2D eigenvalue weighted by Crippen LogP contribution is -2.38. The molecular formula is C11H20N3O13P3S2. The van der Waals surface area contributed by atoms with Crippen LogP contribution in [0.15, 0.2) is 17.1 Å². The zero-order valence-electron chi connectivity index (χ0n) is 16.1. The summed E-state index contributed by atoms with van der Waals surface area (Å²) in [6, 6.07) is 0.668. The third-order valence-electron chi connectivity index (χ3n) is 3.68. The predicted octanol–water partition coefficient (Wildman–Crippen LogP) is 0.463. The highest BCUT2D eigenvalue weighted by molar-refractivity contribution is 8.76. The summed E-state index contributed by atoms with van der Waals surface area (Å²) in [5.74, 6) is 0.152. The molecule has 184 valence electrons. The smallest absolute Gasteiger partial charge is 0.383 e. The van der Waals surface area contributed by atoms with Gasteiger partial charge in [0, 0.05) is 6.20 Å². The van der Waals surface area contributed by atoms with Crippen molar-refractivity contribution in [1.82, 2.24) is 9.55 Å². The molecule has 0 saturated carbocycles. The summed E-state index contributed by atoms with van der Waals surface area (Å²) in [7, 11) is -13.8. The van der Waals surface area contributed by atoms with Gasteiger partial charge in [0.25, 0.3) is 0 Å². The van der Waals surface area contributed by atoms with Crippen LogP contribution >= 0.6 is 45.1 Å². The topological polar surface area (TPSA) is 239 Å². The van der Waals surface area contributed by atoms with Crippen LogP contribution in [0.25, 0.3) is 0 Å². The third-order valence-corrected chi connectivity index (χ3v) is 8.95. The van der Waals surface area contributed by atoms with E-state index in [4.69, 9.17) is 25.0 Å². The van der Waals surface area contributed by atoms with Gasteiger partial charge in [-0.25, -0.2) is 18.5 Å². The molecule has 0 amide bonds.